The smallest absolute Gasteiger partial charge is 0.250 e. The van der Waals surface area contributed by atoms with Crippen LogP contribution in [0.3, 0.4) is 0 Å². The van der Waals surface area contributed by atoms with Crippen LogP contribution < -0.4 is 10.5 Å². The first-order chi connectivity index (χ1) is 9.10. The van der Waals surface area contributed by atoms with Gasteiger partial charge in [-0.1, -0.05) is 31.8 Å². The number of ether oxygens (including phenoxy) is 1. The Morgan fingerprint density at radius 2 is 2.26 bits per heavy atom. The van der Waals surface area contributed by atoms with E-state index in [2.05, 4.69) is 11.8 Å². The predicted octanol–water partition coefficient (Wildman–Crippen LogP) is 1.55. The Balaban J connectivity index is 3.19. The molecule has 1 aromatic rings. The minimum Gasteiger partial charge on any atom is -0.490 e. The molecule has 1 atom stereocenters. The van der Waals surface area contributed by atoms with Gasteiger partial charge in [0, 0.05) is 5.92 Å². The Hall–Kier alpha value is -1.99. The molecule has 1 unspecified atom stereocenters. The lowest BCUT2D eigenvalue weighted by Gasteiger charge is -2.09. The summed E-state index contributed by atoms with van der Waals surface area (Å²) in [7, 11) is 0. The molecule has 4 heteroatoms. The zero-order valence-corrected chi connectivity index (χ0v) is 11.3. The van der Waals surface area contributed by atoms with E-state index in [-0.39, 0.29) is 19.1 Å². The Morgan fingerprint density at radius 3 is 2.84 bits per heavy atom. The van der Waals surface area contributed by atoms with Gasteiger partial charge in [-0.3, -0.25) is 4.79 Å². The molecule has 1 amide bonds. The molecular weight excluding hydrogens is 242 g/mol. The summed E-state index contributed by atoms with van der Waals surface area (Å²) in [5.41, 5.74) is 6.17. The topological polar surface area (TPSA) is 72.6 Å². The van der Waals surface area contributed by atoms with Gasteiger partial charge in [-0.2, -0.15) is 0 Å². The lowest BCUT2D eigenvalue weighted by Crippen LogP contribution is -2.14. The Bertz CT molecular complexity index is 500. The molecule has 0 saturated heterocycles. The van der Waals surface area contributed by atoms with Gasteiger partial charge < -0.3 is 15.6 Å². The summed E-state index contributed by atoms with van der Waals surface area (Å²) >= 11 is 0. The van der Waals surface area contributed by atoms with Gasteiger partial charge >= 0.3 is 0 Å². The number of aliphatic hydroxyl groups excluding tert-OH is 1. The van der Waals surface area contributed by atoms with Gasteiger partial charge in [0.05, 0.1) is 17.7 Å². The average Bonchev–Trinajstić information content (AvgIpc) is 2.42. The highest BCUT2D eigenvalue weighted by Gasteiger charge is 2.11. The van der Waals surface area contributed by atoms with Crippen LogP contribution in [-0.2, 0) is 0 Å². The molecule has 19 heavy (non-hydrogen) atoms. The van der Waals surface area contributed by atoms with Gasteiger partial charge in [0.1, 0.15) is 12.4 Å². The minimum atomic E-state index is -0.539. The van der Waals surface area contributed by atoms with Crippen molar-refractivity contribution < 1.29 is 14.6 Å². The average molecular weight is 261 g/mol. The maximum Gasteiger partial charge on any atom is 0.250 e. The zero-order chi connectivity index (χ0) is 14.3. The van der Waals surface area contributed by atoms with E-state index < -0.39 is 5.91 Å². The first-order valence-corrected chi connectivity index (χ1v) is 6.28. The van der Waals surface area contributed by atoms with Crippen molar-refractivity contribution in [3.05, 3.63) is 29.3 Å². The van der Waals surface area contributed by atoms with Crippen molar-refractivity contribution >= 4 is 5.91 Å². The summed E-state index contributed by atoms with van der Waals surface area (Å²) in [5.74, 6) is 6.19. The van der Waals surface area contributed by atoms with Gasteiger partial charge in [-0.25, -0.2) is 0 Å². The van der Waals surface area contributed by atoms with E-state index >= 15 is 0 Å². The van der Waals surface area contributed by atoms with Crippen LogP contribution in [0.1, 0.15) is 36.2 Å². The maximum atomic E-state index is 11.4. The molecule has 0 aliphatic rings. The van der Waals surface area contributed by atoms with Crippen molar-refractivity contribution in [3.63, 3.8) is 0 Å². The van der Waals surface area contributed by atoms with Crippen LogP contribution in [0.4, 0.5) is 0 Å². The molecule has 0 radical (unpaired) electrons. The lowest BCUT2D eigenvalue weighted by atomic mass is 10.0. The number of nitrogens with two attached hydrogens (primary N) is 1. The maximum absolute atomic E-state index is 11.4. The number of aliphatic hydroxyl groups is 1. The summed E-state index contributed by atoms with van der Waals surface area (Å²) in [6, 6.07) is 5.01. The second-order valence-electron chi connectivity index (χ2n) is 4.19. The van der Waals surface area contributed by atoms with E-state index in [0.29, 0.717) is 16.9 Å². The van der Waals surface area contributed by atoms with E-state index in [1.165, 1.54) is 0 Å². The fourth-order valence-corrected chi connectivity index (χ4v) is 1.44. The summed E-state index contributed by atoms with van der Waals surface area (Å²) in [5, 5.41) is 8.80. The summed E-state index contributed by atoms with van der Waals surface area (Å²) < 4.78 is 5.38. The fraction of sp³-hybridized carbons (Fsp3) is 0.400. The van der Waals surface area contributed by atoms with E-state index in [4.69, 9.17) is 15.6 Å². The van der Waals surface area contributed by atoms with Crippen molar-refractivity contribution in [2.75, 3.05) is 13.2 Å². The van der Waals surface area contributed by atoms with Gasteiger partial charge in [-0.05, 0) is 18.6 Å². The van der Waals surface area contributed by atoms with Crippen molar-refractivity contribution in [2.45, 2.75) is 20.3 Å². The van der Waals surface area contributed by atoms with Crippen LogP contribution >= 0.6 is 0 Å². The van der Waals surface area contributed by atoms with Gasteiger partial charge in [0.25, 0.3) is 0 Å². The molecule has 0 spiro atoms. The normalized spacial score (nSPS) is 11.3. The molecule has 1 rings (SSSR count). The van der Waals surface area contributed by atoms with Crippen molar-refractivity contribution in [1.29, 1.82) is 0 Å². The molecular formula is C15H19NO3. The van der Waals surface area contributed by atoms with Gasteiger partial charge in [0.15, 0.2) is 0 Å². The number of hydrogen-bond donors (Lipinski definition) is 2. The highest BCUT2D eigenvalue weighted by atomic mass is 16.5. The van der Waals surface area contributed by atoms with Gasteiger partial charge in [-0.15, -0.1) is 0 Å². The highest BCUT2D eigenvalue weighted by Crippen LogP contribution is 2.21. The highest BCUT2D eigenvalue weighted by molar-refractivity contribution is 5.96. The second-order valence-corrected chi connectivity index (χ2v) is 4.19. The van der Waals surface area contributed by atoms with Gasteiger partial charge in [0.2, 0.25) is 5.91 Å². The molecule has 0 saturated carbocycles. The number of hydrogen-bond acceptors (Lipinski definition) is 3. The second kappa shape index (κ2) is 7.45. The van der Waals surface area contributed by atoms with Crippen LogP contribution in [-0.4, -0.2) is 24.2 Å². The lowest BCUT2D eigenvalue weighted by molar-refractivity contribution is 0.0999. The van der Waals surface area contributed by atoms with Crippen LogP contribution in [0.25, 0.3) is 0 Å². The first-order valence-electron chi connectivity index (χ1n) is 6.28. The Morgan fingerprint density at radius 1 is 1.53 bits per heavy atom. The van der Waals surface area contributed by atoms with Crippen molar-refractivity contribution in [2.24, 2.45) is 11.7 Å². The van der Waals surface area contributed by atoms with Crippen molar-refractivity contribution in [3.8, 4) is 17.6 Å². The summed E-state index contributed by atoms with van der Waals surface area (Å²) in [6.07, 6.45) is 0.929. The molecule has 102 valence electrons. The number of primary amides is 1. The monoisotopic (exact) mass is 261 g/mol. The van der Waals surface area contributed by atoms with Crippen LogP contribution in [0.5, 0.6) is 5.75 Å². The Labute approximate surface area is 113 Å². The zero-order valence-electron chi connectivity index (χ0n) is 11.3. The molecule has 3 N–H and O–H groups in total. The molecule has 0 aliphatic heterocycles. The third kappa shape index (κ3) is 4.31. The SMILES string of the molecule is CCC(C)C#Cc1c(OCCO)cccc1C(N)=O. The standard InChI is InChI=1S/C15H19NO3/c1-3-11(2)7-8-12-13(15(16)18)5-4-6-14(12)19-10-9-17/h4-6,11,17H,3,9-10H2,1-2H3,(H2,16,18). The quantitative estimate of drug-likeness (QED) is 0.790. The third-order valence-electron chi connectivity index (χ3n) is 2.70. The van der Waals surface area contributed by atoms with Crippen LogP contribution in [0, 0.1) is 17.8 Å². The van der Waals surface area contributed by atoms with E-state index in [1.54, 1.807) is 18.2 Å². The number of amides is 1. The first kappa shape index (κ1) is 15.1. The molecule has 0 aromatic heterocycles. The summed E-state index contributed by atoms with van der Waals surface area (Å²) in [6.45, 7) is 4.11. The van der Waals surface area contributed by atoms with E-state index in [1.807, 2.05) is 13.8 Å². The molecule has 0 aliphatic carbocycles. The van der Waals surface area contributed by atoms with Crippen molar-refractivity contribution in [1.82, 2.24) is 0 Å². The third-order valence-corrected chi connectivity index (χ3v) is 2.70. The number of benzene rings is 1. The molecule has 0 heterocycles. The molecule has 1 aromatic carbocycles. The number of carbonyl (C=O) groups is 1. The number of carbonyl (C=O) groups excluding carboxylic acids is 1. The Kier molecular flexibility index (Phi) is 5.91. The molecule has 4 nitrogen and oxygen atoms in total. The molecule has 0 bridgehead atoms. The van der Waals surface area contributed by atoms with Crippen LogP contribution in [0.2, 0.25) is 0 Å². The number of rotatable bonds is 5. The fourth-order valence-electron chi connectivity index (χ4n) is 1.44. The predicted molar refractivity (Wildman–Crippen MR) is 73.9 cm³/mol. The van der Waals surface area contributed by atoms with E-state index in [9.17, 15) is 4.79 Å². The van der Waals surface area contributed by atoms with E-state index in [0.717, 1.165) is 6.42 Å². The summed E-state index contributed by atoms with van der Waals surface area (Å²) in [4.78, 5) is 11.4. The minimum absolute atomic E-state index is 0.0982. The molecule has 0 fully saturated rings. The van der Waals surface area contributed by atoms with Crippen LogP contribution in [0.15, 0.2) is 18.2 Å². The largest absolute Gasteiger partial charge is 0.490 e.